The van der Waals surface area contributed by atoms with E-state index in [2.05, 4.69) is 0 Å². The minimum Gasteiger partial charge on any atom is -0.390 e. The zero-order valence-corrected chi connectivity index (χ0v) is 6.88. The zero-order chi connectivity index (χ0) is 8.97. The van der Waals surface area contributed by atoms with Crippen LogP contribution in [0.4, 0.5) is 8.78 Å². The van der Waals surface area contributed by atoms with Crippen molar-refractivity contribution >= 4 is 0 Å². The molecule has 1 aliphatic rings. The Morgan fingerprint density at radius 2 is 2.17 bits per heavy atom. The molecule has 0 aromatic carbocycles. The number of aliphatic hydroxyl groups excluding tert-OH is 1. The van der Waals surface area contributed by atoms with Gasteiger partial charge in [0.15, 0.2) is 0 Å². The molecule has 1 heterocycles. The molecule has 0 aromatic heterocycles. The van der Waals surface area contributed by atoms with Crippen LogP contribution in [0, 0.1) is 5.92 Å². The van der Waals surface area contributed by atoms with Crippen LogP contribution < -0.4 is 0 Å². The van der Waals surface area contributed by atoms with Crippen LogP contribution >= 0.6 is 0 Å². The standard InChI is InChI=1S/C8H14F2O2/c9-8(10)3-1-2-6-4-12-5-7(6)11/h6-8,11H,1-5H2. The molecule has 0 saturated carbocycles. The van der Waals surface area contributed by atoms with Gasteiger partial charge in [-0.25, -0.2) is 8.78 Å². The fourth-order valence-electron chi connectivity index (χ4n) is 1.40. The van der Waals surface area contributed by atoms with Gasteiger partial charge in [-0.15, -0.1) is 0 Å². The monoisotopic (exact) mass is 180 g/mol. The molecular formula is C8H14F2O2. The summed E-state index contributed by atoms with van der Waals surface area (Å²) in [6.45, 7) is 0.879. The molecule has 12 heavy (non-hydrogen) atoms. The van der Waals surface area contributed by atoms with E-state index in [0.717, 1.165) is 0 Å². The summed E-state index contributed by atoms with van der Waals surface area (Å²) in [5, 5.41) is 9.24. The highest BCUT2D eigenvalue weighted by Gasteiger charge is 2.25. The molecular weight excluding hydrogens is 166 g/mol. The summed E-state index contributed by atoms with van der Waals surface area (Å²) in [6, 6.07) is 0. The van der Waals surface area contributed by atoms with Crippen LogP contribution in [-0.2, 0) is 4.74 Å². The molecule has 1 rings (SSSR count). The molecule has 0 amide bonds. The number of halogens is 2. The zero-order valence-electron chi connectivity index (χ0n) is 6.88. The van der Waals surface area contributed by atoms with Crippen molar-refractivity contribution < 1.29 is 18.6 Å². The Balaban J connectivity index is 2.06. The van der Waals surface area contributed by atoms with Crippen molar-refractivity contribution in [1.82, 2.24) is 0 Å². The molecule has 1 N–H and O–H groups in total. The van der Waals surface area contributed by atoms with Gasteiger partial charge in [0.2, 0.25) is 6.43 Å². The summed E-state index contributed by atoms with van der Waals surface area (Å²) in [7, 11) is 0. The maximum Gasteiger partial charge on any atom is 0.238 e. The van der Waals surface area contributed by atoms with E-state index in [1.165, 1.54) is 0 Å². The Morgan fingerprint density at radius 1 is 1.42 bits per heavy atom. The van der Waals surface area contributed by atoms with Gasteiger partial charge in [-0.3, -0.25) is 0 Å². The molecule has 0 aliphatic carbocycles. The fourth-order valence-corrected chi connectivity index (χ4v) is 1.40. The van der Waals surface area contributed by atoms with Gasteiger partial charge >= 0.3 is 0 Å². The second-order valence-electron chi connectivity index (χ2n) is 3.19. The lowest BCUT2D eigenvalue weighted by atomic mass is 9.99. The van der Waals surface area contributed by atoms with Crippen LogP contribution in [0.15, 0.2) is 0 Å². The molecule has 0 radical (unpaired) electrons. The van der Waals surface area contributed by atoms with Crippen LogP contribution in [-0.4, -0.2) is 30.8 Å². The van der Waals surface area contributed by atoms with E-state index in [1.54, 1.807) is 0 Å². The van der Waals surface area contributed by atoms with Crippen molar-refractivity contribution in [1.29, 1.82) is 0 Å². The molecule has 1 fully saturated rings. The number of aliphatic hydroxyl groups is 1. The Bertz CT molecular complexity index is 130. The number of hydrogen-bond donors (Lipinski definition) is 1. The SMILES string of the molecule is OC1COCC1CCCC(F)F. The van der Waals surface area contributed by atoms with Gasteiger partial charge in [0.1, 0.15) is 0 Å². The Morgan fingerprint density at radius 3 is 2.67 bits per heavy atom. The third-order valence-corrected chi connectivity index (χ3v) is 2.16. The molecule has 4 heteroatoms. The van der Waals surface area contributed by atoms with E-state index >= 15 is 0 Å². The molecule has 2 unspecified atom stereocenters. The molecule has 0 aromatic rings. The molecule has 1 saturated heterocycles. The van der Waals surface area contributed by atoms with E-state index < -0.39 is 12.5 Å². The fraction of sp³-hybridized carbons (Fsp3) is 1.00. The van der Waals surface area contributed by atoms with Gasteiger partial charge in [0, 0.05) is 12.3 Å². The smallest absolute Gasteiger partial charge is 0.238 e. The highest BCUT2D eigenvalue weighted by atomic mass is 19.3. The Labute approximate surface area is 70.5 Å². The average Bonchev–Trinajstić information content (AvgIpc) is 2.36. The number of ether oxygens (including phenoxy) is 1. The summed E-state index contributed by atoms with van der Waals surface area (Å²) in [6.07, 6.45) is -1.61. The second-order valence-corrected chi connectivity index (χ2v) is 3.19. The number of alkyl halides is 2. The third kappa shape index (κ3) is 3.03. The van der Waals surface area contributed by atoms with Crippen molar-refractivity contribution in [2.75, 3.05) is 13.2 Å². The summed E-state index contributed by atoms with van der Waals surface area (Å²) in [4.78, 5) is 0. The average molecular weight is 180 g/mol. The van der Waals surface area contributed by atoms with E-state index in [0.29, 0.717) is 26.1 Å². The third-order valence-electron chi connectivity index (χ3n) is 2.16. The van der Waals surface area contributed by atoms with E-state index in [-0.39, 0.29) is 12.3 Å². The van der Waals surface area contributed by atoms with E-state index in [1.807, 2.05) is 0 Å². The summed E-state index contributed by atoms with van der Waals surface area (Å²) in [5.41, 5.74) is 0. The number of rotatable bonds is 4. The maximum atomic E-state index is 11.7. The molecule has 0 spiro atoms. The summed E-state index contributed by atoms with van der Waals surface area (Å²) >= 11 is 0. The lowest BCUT2D eigenvalue weighted by Gasteiger charge is -2.10. The highest BCUT2D eigenvalue weighted by Crippen LogP contribution is 2.20. The van der Waals surface area contributed by atoms with Crippen LogP contribution in [0.25, 0.3) is 0 Å². The Hall–Kier alpha value is -0.220. The van der Waals surface area contributed by atoms with Crippen molar-refractivity contribution in [3.63, 3.8) is 0 Å². The lowest BCUT2D eigenvalue weighted by Crippen LogP contribution is -2.17. The van der Waals surface area contributed by atoms with Crippen LogP contribution in [0.3, 0.4) is 0 Å². The van der Waals surface area contributed by atoms with E-state index in [4.69, 9.17) is 4.74 Å². The van der Waals surface area contributed by atoms with Crippen LogP contribution in [0.1, 0.15) is 19.3 Å². The summed E-state index contributed by atoms with van der Waals surface area (Å²) in [5.74, 6) is 0.0729. The highest BCUT2D eigenvalue weighted by molar-refractivity contribution is 4.73. The van der Waals surface area contributed by atoms with Crippen molar-refractivity contribution in [3.8, 4) is 0 Å². The minimum atomic E-state index is -2.22. The first-order valence-corrected chi connectivity index (χ1v) is 4.24. The number of hydrogen-bond acceptors (Lipinski definition) is 2. The predicted octanol–water partition coefficient (Wildman–Crippen LogP) is 1.43. The van der Waals surface area contributed by atoms with Crippen molar-refractivity contribution in [3.05, 3.63) is 0 Å². The molecule has 0 bridgehead atoms. The topological polar surface area (TPSA) is 29.5 Å². The predicted molar refractivity (Wildman–Crippen MR) is 40.2 cm³/mol. The van der Waals surface area contributed by atoms with Gasteiger partial charge < -0.3 is 9.84 Å². The largest absolute Gasteiger partial charge is 0.390 e. The molecule has 72 valence electrons. The molecule has 1 aliphatic heterocycles. The lowest BCUT2D eigenvalue weighted by molar-refractivity contribution is 0.109. The van der Waals surface area contributed by atoms with E-state index in [9.17, 15) is 13.9 Å². The Kier molecular flexibility index (Phi) is 3.88. The first-order valence-electron chi connectivity index (χ1n) is 4.24. The van der Waals surface area contributed by atoms with Gasteiger partial charge in [-0.05, 0) is 12.8 Å². The molecule has 2 atom stereocenters. The normalized spacial score (nSPS) is 30.0. The van der Waals surface area contributed by atoms with Gasteiger partial charge in [-0.2, -0.15) is 0 Å². The van der Waals surface area contributed by atoms with Crippen LogP contribution in [0.2, 0.25) is 0 Å². The van der Waals surface area contributed by atoms with Crippen molar-refractivity contribution in [2.24, 2.45) is 5.92 Å². The van der Waals surface area contributed by atoms with Gasteiger partial charge in [0.25, 0.3) is 0 Å². The van der Waals surface area contributed by atoms with Crippen LogP contribution in [0.5, 0.6) is 0 Å². The summed E-state index contributed by atoms with van der Waals surface area (Å²) < 4.78 is 28.4. The molecule has 2 nitrogen and oxygen atoms in total. The quantitative estimate of drug-likeness (QED) is 0.709. The minimum absolute atomic E-state index is 0.0662. The first kappa shape index (κ1) is 9.86. The van der Waals surface area contributed by atoms with Gasteiger partial charge in [0.05, 0.1) is 19.3 Å². The second kappa shape index (κ2) is 4.72. The maximum absolute atomic E-state index is 11.7. The first-order chi connectivity index (χ1) is 5.70. The van der Waals surface area contributed by atoms with Gasteiger partial charge in [-0.1, -0.05) is 0 Å². The van der Waals surface area contributed by atoms with Crippen molar-refractivity contribution in [2.45, 2.75) is 31.8 Å².